The lowest BCUT2D eigenvalue weighted by Crippen LogP contribution is -2.31. The molecule has 1 atom stereocenters. The molecule has 0 bridgehead atoms. The first kappa shape index (κ1) is 26.5. The average Bonchev–Trinajstić information content (AvgIpc) is 3.58. The first-order valence-corrected chi connectivity index (χ1v) is 13.9. The van der Waals surface area contributed by atoms with Gasteiger partial charge in [-0.1, -0.05) is 31.5 Å². The van der Waals surface area contributed by atoms with Crippen LogP contribution in [0.5, 0.6) is 0 Å². The molecule has 0 radical (unpaired) electrons. The van der Waals surface area contributed by atoms with Crippen molar-refractivity contribution in [1.29, 1.82) is 0 Å². The number of alkyl halides is 3. The number of aliphatic hydroxyl groups is 1. The molecule has 194 valence electrons. The third kappa shape index (κ3) is 4.97. The number of aliphatic hydroxyl groups excluding tert-OH is 1. The van der Waals surface area contributed by atoms with Crippen molar-refractivity contribution in [2.75, 3.05) is 5.75 Å². The molecule has 0 spiro atoms. The third-order valence-electron chi connectivity index (χ3n) is 7.67. The summed E-state index contributed by atoms with van der Waals surface area (Å²) in [6.45, 7) is 6.02. The number of ketones is 1. The fraction of sp³-hybridized carbons (Fsp3) is 0.464. The molecule has 1 unspecified atom stereocenters. The fourth-order valence-corrected chi connectivity index (χ4v) is 7.57. The molecule has 0 aliphatic heterocycles. The molecule has 2 aliphatic rings. The Morgan fingerprint density at radius 3 is 2.00 bits per heavy atom. The molecule has 2 aromatic rings. The SMILES string of the molecule is CCc1cc(C)cc(CC)c1C1=C(O)CC(C2(CS(=O)(=O)c3ccc(C(F)(F)F)cc3)CC2)CC1=O. The van der Waals surface area contributed by atoms with Crippen LogP contribution in [0.25, 0.3) is 5.57 Å². The van der Waals surface area contributed by atoms with Crippen molar-refractivity contribution < 1.29 is 31.5 Å². The number of Topliss-reactive ketones (excluding diaryl/α,β-unsaturated/α-hetero) is 1. The second kappa shape index (κ2) is 9.36. The largest absolute Gasteiger partial charge is 0.512 e. The Labute approximate surface area is 210 Å². The van der Waals surface area contributed by atoms with Crippen molar-refractivity contribution in [1.82, 2.24) is 0 Å². The van der Waals surface area contributed by atoms with Crippen LogP contribution < -0.4 is 0 Å². The van der Waals surface area contributed by atoms with E-state index in [2.05, 4.69) is 0 Å². The van der Waals surface area contributed by atoms with Gasteiger partial charge >= 0.3 is 6.18 Å². The number of aryl methyl sites for hydroxylation is 3. The second-order valence-electron chi connectivity index (χ2n) is 10.2. The predicted octanol–water partition coefficient (Wildman–Crippen LogP) is 6.64. The van der Waals surface area contributed by atoms with Crippen molar-refractivity contribution in [3.05, 3.63) is 70.0 Å². The van der Waals surface area contributed by atoms with E-state index in [0.717, 1.165) is 46.5 Å². The zero-order valence-corrected chi connectivity index (χ0v) is 21.5. The highest BCUT2D eigenvalue weighted by Gasteiger charge is 2.54. The number of carbonyl (C=O) groups is 1. The van der Waals surface area contributed by atoms with E-state index in [1.54, 1.807) is 0 Å². The average molecular weight is 521 g/mol. The van der Waals surface area contributed by atoms with Gasteiger partial charge in [0.05, 0.1) is 21.8 Å². The summed E-state index contributed by atoms with van der Waals surface area (Å²) in [7, 11) is -3.87. The maximum Gasteiger partial charge on any atom is 0.416 e. The molecule has 1 fully saturated rings. The summed E-state index contributed by atoms with van der Waals surface area (Å²) in [6.07, 6.45) is -1.57. The molecule has 2 aliphatic carbocycles. The predicted molar refractivity (Wildman–Crippen MR) is 132 cm³/mol. The molecule has 4 rings (SSSR count). The maximum atomic E-state index is 13.4. The molecule has 0 heterocycles. The molecular weight excluding hydrogens is 489 g/mol. The van der Waals surface area contributed by atoms with Gasteiger partial charge in [-0.3, -0.25) is 4.79 Å². The van der Waals surface area contributed by atoms with Crippen LogP contribution in [0.15, 0.2) is 47.1 Å². The van der Waals surface area contributed by atoms with Crippen molar-refractivity contribution in [2.45, 2.75) is 70.4 Å². The van der Waals surface area contributed by atoms with Crippen molar-refractivity contribution >= 4 is 21.2 Å². The summed E-state index contributed by atoms with van der Waals surface area (Å²) in [6, 6.07) is 7.60. The topological polar surface area (TPSA) is 71.4 Å². The van der Waals surface area contributed by atoms with Gasteiger partial charge in [0.15, 0.2) is 15.6 Å². The van der Waals surface area contributed by atoms with E-state index in [1.807, 2.05) is 32.9 Å². The number of sulfone groups is 1. The lowest BCUT2D eigenvalue weighted by molar-refractivity contribution is -0.137. The standard InChI is InChI=1S/C28H31F3O4S/c1-4-18-12-17(3)13-19(5-2)25(18)26-23(32)14-21(15-24(26)33)27(10-11-27)16-36(34,35)22-8-6-20(7-9-22)28(29,30)31/h6-9,12-13,21,32H,4-5,10-11,14-16H2,1-3H3. The van der Waals surface area contributed by atoms with Crippen LogP contribution in [0.2, 0.25) is 0 Å². The molecule has 0 aromatic heterocycles. The Morgan fingerprint density at radius 2 is 1.56 bits per heavy atom. The smallest absolute Gasteiger partial charge is 0.416 e. The minimum absolute atomic E-state index is 0.00251. The number of benzene rings is 2. The number of hydrogen-bond donors (Lipinski definition) is 1. The minimum atomic E-state index is -4.54. The molecule has 8 heteroatoms. The third-order valence-corrected chi connectivity index (χ3v) is 9.62. The van der Waals surface area contributed by atoms with Gasteiger partial charge in [0.1, 0.15) is 5.76 Å². The highest BCUT2D eigenvalue weighted by atomic mass is 32.2. The van der Waals surface area contributed by atoms with Crippen LogP contribution >= 0.6 is 0 Å². The van der Waals surface area contributed by atoms with E-state index in [4.69, 9.17) is 0 Å². The van der Waals surface area contributed by atoms with Gasteiger partial charge in [0, 0.05) is 12.8 Å². The summed E-state index contributed by atoms with van der Waals surface area (Å²) in [5, 5.41) is 11.1. The van der Waals surface area contributed by atoms with E-state index >= 15 is 0 Å². The summed E-state index contributed by atoms with van der Waals surface area (Å²) >= 11 is 0. The first-order valence-electron chi connectivity index (χ1n) is 12.3. The van der Waals surface area contributed by atoms with Gasteiger partial charge in [-0.15, -0.1) is 0 Å². The van der Waals surface area contributed by atoms with E-state index in [1.165, 1.54) is 0 Å². The van der Waals surface area contributed by atoms with Gasteiger partial charge in [-0.25, -0.2) is 8.42 Å². The van der Waals surface area contributed by atoms with Crippen LogP contribution in [0, 0.1) is 18.3 Å². The number of rotatable bonds is 7. The van der Waals surface area contributed by atoms with Crippen LogP contribution in [0.1, 0.15) is 67.3 Å². The van der Waals surface area contributed by atoms with Crippen molar-refractivity contribution in [3.63, 3.8) is 0 Å². The van der Waals surface area contributed by atoms with Gasteiger partial charge in [0.25, 0.3) is 0 Å². The van der Waals surface area contributed by atoms with E-state index in [0.29, 0.717) is 31.3 Å². The van der Waals surface area contributed by atoms with E-state index in [9.17, 15) is 31.5 Å². The van der Waals surface area contributed by atoms with Gasteiger partial charge in [-0.2, -0.15) is 13.2 Å². The Balaban J connectivity index is 1.61. The van der Waals surface area contributed by atoms with Crippen molar-refractivity contribution in [2.24, 2.45) is 11.3 Å². The number of allylic oxidation sites excluding steroid dienone is 2. The Kier molecular flexibility index (Phi) is 6.88. The zero-order chi connectivity index (χ0) is 26.5. The molecule has 4 nitrogen and oxygen atoms in total. The first-order chi connectivity index (χ1) is 16.8. The van der Waals surface area contributed by atoms with Gasteiger partial charge in [0.2, 0.25) is 0 Å². The minimum Gasteiger partial charge on any atom is -0.512 e. The lowest BCUT2D eigenvalue weighted by atomic mass is 9.74. The van der Waals surface area contributed by atoms with Crippen LogP contribution in [-0.4, -0.2) is 25.1 Å². The molecule has 1 saturated carbocycles. The highest BCUT2D eigenvalue weighted by molar-refractivity contribution is 7.91. The number of halogens is 3. The van der Waals surface area contributed by atoms with E-state index in [-0.39, 0.29) is 41.0 Å². The van der Waals surface area contributed by atoms with Crippen LogP contribution in [0.3, 0.4) is 0 Å². The quantitative estimate of drug-likeness (QED) is 0.444. The van der Waals surface area contributed by atoms with Crippen LogP contribution in [-0.2, 0) is 33.6 Å². The molecule has 0 amide bonds. The summed E-state index contributed by atoms with van der Waals surface area (Å²) in [4.78, 5) is 13.2. The van der Waals surface area contributed by atoms with E-state index < -0.39 is 27.0 Å². The van der Waals surface area contributed by atoms with Gasteiger partial charge < -0.3 is 5.11 Å². The van der Waals surface area contributed by atoms with Gasteiger partial charge in [-0.05, 0) is 84.9 Å². The molecule has 2 aromatic carbocycles. The Hall–Kier alpha value is -2.61. The monoisotopic (exact) mass is 520 g/mol. The Morgan fingerprint density at radius 1 is 1.00 bits per heavy atom. The molecule has 0 saturated heterocycles. The molecular formula is C28H31F3O4S. The molecule has 36 heavy (non-hydrogen) atoms. The summed E-state index contributed by atoms with van der Waals surface area (Å²) in [5.41, 5.74) is 2.69. The molecule has 1 N–H and O–H groups in total. The second-order valence-corrected chi connectivity index (χ2v) is 12.1. The zero-order valence-electron chi connectivity index (χ0n) is 20.7. The van der Waals surface area contributed by atoms with Crippen LogP contribution in [0.4, 0.5) is 13.2 Å². The highest BCUT2D eigenvalue weighted by Crippen LogP contribution is 2.58. The lowest BCUT2D eigenvalue weighted by Gasteiger charge is -2.31. The summed E-state index contributed by atoms with van der Waals surface area (Å²) < 4.78 is 64.8. The maximum absolute atomic E-state index is 13.4. The number of hydrogen-bond acceptors (Lipinski definition) is 4. The Bertz CT molecular complexity index is 1290. The number of carbonyl (C=O) groups excluding carboxylic acids is 1. The normalized spacial score (nSPS) is 20.1. The van der Waals surface area contributed by atoms with Crippen molar-refractivity contribution in [3.8, 4) is 0 Å². The summed E-state index contributed by atoms with van der Waals surface area (Å²) in [5.74, 6) is -0.770. The fourth-order valence-electron chi connectivity index (χ4n) is 5.58.